The predicted octanol–water partition coefficient (Wildman–Crippen LogP) is 1.95. The molecule has 0 aromatic heterocycles. The third kappa shape index (κ3) is 74.0. The second-order valence-electron chi connectivity index (χ2n) is 0.930. The summed E-state index contributed by atoms with van der Waals surface area (Å²) >= 11 is 7.62. The molecule has 0 amide bonds. The molecular weight excluding hydrogens is 640 g/mol. The number of nitrogens with one attached hydrogen (secondary N) is 1. The van der Waals surface area contributed by atoms with Crippen molar-refractivity contribution in [3.05, 3.63) is 0 Å². The molecule has 0 rings (SSSR count). The number of amidine groups is 1. The third-order valence-corrected chi connectivity index (χ3v) is 0. The van der Waals surface area contributed by atoms with Crippen LogP contribution >= 0.6 is 53.3 Å². The van der Waals surface area contributed by atoms with Crippen LogP contribution in [-0.4, -0.2) is 15.7 Å². The quantitative estimate of drug-likeness (QED) is 0.180. The zero-order chi connectivity index (χ0) is 7.15. The van der Waals surface area contributed by atoms with Gasteiger partial charge in [0, 0.05) is 0 Å². The van der Waals surface area contributed by atoms with Crippen LogP contribution in [0, 0.1) is 5.41 Å². The Bertz CT molecular complexity index is 59.5. The van der Waals surface area contributed by atoms with E-state index in [2.05, 4.69) is 53.3 Å². The molecule has 8 heavy (non-hydrogen) atoms. The summed E-state index contributed by atoms with van der Waals surface area (Å²) in [5, 5.41) is 6.28. The average Bonchev–Trinajstić information content (AvgIpc) is 1.25. The second kappa shape index (κ2) is 9.58. The molecule has 50 valence electrons. The first-order chi connectivity index (χ1) is 3.46. The molecule has 0 radical (unpaired) electrons. The topological polar surface area (TPSA) is 49.9 Å². The first-order valence-corrected chi connectivity index (χ1v) is 39.6. The molecule has 0 aliphatic rings. The molecule has 3 N–H and O–H groups in total. The van der Waals surface area contributed by atoms with Gasteiger partial charge in [-0.1, -0.05) is 0 Å². The van der Waals surface area contributed by atoms with Crippen molar-refractivity contribution < 1.29 is 0 Å². The van der Waals surface area contributed by atoms with Crippen molar-refractivity contribution >= 4 is 68.9 Å². The number of halogens is 3. The summed E-state index contributed by atoms with van der Waals surface area (Å²) in [6, 6.07) is 0. The van der Waals surface area contributed by atoms with E-state index in [-0.39, 0.29) is 5.84 Å². The molecule has 0 aliphatic carbocycles. The van der Waals surface area contributed by atoms with Crippen LogP contribution in [0.15, 0.2) is 0 Å². The zero-order valence-corrected chi connectivity index (χ0v) is 15.2. The van der Waals surface area contributed by atoms with E-state index < -0.39 is 9.82 Å². The zero-order valence-electron chi connectivity index (χ0n) is 4.29. The van der Waals surface area contributed by atoms with Gasteiger partial charge in [0.25, 0.3) is 0 Å². The normalized spacial score (nSPS) is 7.62. The van der Waals surface area contributed by atoms with E-state index in [1.165, 1.54) is 6.92 Å². The fourth-order valence-corrected chi connectivity index (χ4v) is 0. The van der Waals surface area contributed by atoms with Gasteiger partial charge in [0.15, 0.2) is 0 Å². The first-order valence-electron chi connectivity index (χ1n) is 1.69. The fourth-order valence-electron chi connectivity index (χ4n) is 0. The molecule has 0 unspecified atom stereocenters. The Morgan fingerprint density at radius 3 is 1.50 bits per heavy atom. The second-order valence-corrected chi connectivity index (χ2v) is 98.4. The van der Waals surface area contributed by atoms with E-state index in [1.807, 2.05) is 0 Å². The summed E-state index contributed by atoms with van der Waals surface area (Å²) in [5.74, 6) is 0.167. The Morgan fingerprint density at radius 1 is 1.50 bits per heavy atom. The van der Waals surface area contributed by atoms with Gasteiger partial charge in [-0.15, -0.1) is 0 Å². The Morgan fingerprint density at radius 2 is 1.50 bits per heavy atom. The number of hydrogen-bond acceptors (Lipinski definition) is 1. The van der Waals surface area contributed by atoms with E-state index in [0.717, 1.165) is 0 Å². The van der Waals surface area contributed by atoms with Gasteiger partial charge in [-0.3, -0.25) is 5.41 Å². The standard InChI is InChI=1S/C2H6N2.3HI.Pb.H/c1-2(3)4;;;;;/h1H3,(H3,3,4);3*1H;;/q;;;;+3;/p-3. The van der Waals surface area contributed by atoms with E-state index in [1.54, 1.807) is 0 Å². The van der Waals surface area contributed by atoms with E-state index >= 15 is 0 Å². The summed E-state index contributed by atoms with van der Waals surface area (Å²) in [5.41, 5.74) is 4.69. The molecule has 0 bridgehead atoms. The SMILES string of the molecule is CC(=N)N.[I][PbH]([I])[I]. The van der Waals surface area contributed by atoms with E-state index in [0.29, 0.717) is 0 Å². The number of hydrogen-bond donors (Lipinski definition) is 2. The molecule has 0 heterocycles. The van der Waals surface area contributed by atoms with Crippen LogP contribution in [0.2, 0.25) is 0 Å². The Hall–Kier alpha value is 2.58. The van der Waals surface area contributed by atoms with Crippen LogP contribution in [0.1, 0.15) is 6.92 Å². The van der Waals surface area contributed by atoms with Crippen molar-refractivity contribution in [1.29, 1.82) is 5.41 Å². The van der Waals surface area contributed by atoms with Crippen molar-refractivity contribution in [3.63, 3.8) is 0 Å². The van der Waals surface area contributed by atoms with Crippen molar-refractivity contribution in [3.8, 4) is 0 Å². The van der Waals surface area contributed by atoms with Gasteiger partial charge in [0.2, 0.25) is 0 Å². The average molecular weight is 647 g/mol. The van der Waals surface area contributed by atoms with E-state index in [4.69, 9.17) is 11.1 Å². The molecule has 0 atom stereocenters. The van der Waals surface area contributed by atoms with Crippen LogP contribution in [0.25, 0.3) is 0 Å². The summed E-state index contributed by atoms with van der Waals surface area (Å²) in [6.45, 7) is 1.53. The molecule has 0 saturated heterocycles. The molecule has 0 saturated carbocycles. The molecular formula is C2H7I3N2Pb. The molecule has 0 fully saturated rings. The summed E-state index contributed by atoms with van der Waals surface area (Å²) in [7, 11) is -0.812. The van der Waals surface area contributed by atoms with Crippen molar-refractivity contribution in [2.24, 2.45) is 5.73 Å². The minimum absolute atomic E-state index is 0.167. The summed E-state index contributed by atoms with van der Waals surface area (Å²) in [4.78, 5) is 0. The molecule has 0 spiro atoms. The van der Waals surface area contributed by atoms with Crippen LogP contribution < -0.4 is 5.73 Å². The Labute approximate surface area is 84.7 Å². The molecule has 6 heteroatoms. The first kappa shape index (κ1) is 13.2. The number of nitrogens with two attached hydrogens (primary N) is 1. The van der Waals surface area contributed by atoms with Crippen LogP contribution in [0.3, 0.4) is 0 Å². The molecule has 2 nitrogen and oxygen atoms in total. The maximum absolute atomic E-state index is 6.28. The molecule has 0 aliphatic heterocycles. The van der Waals surface area contributed by atoms with Gasteiger partial charge < -0.3 is 5.73 Å². The van der Waals surface area contributed by atoms with Crippen LogP contribution in [-0.2, 0) is 0 Å². The number of rotatable bonds is 0. The van der Waals surface area contributed by atoms with Crippen LogP contribution in [0.4, 0.5) is 0 Å². The molecule has 0 aromatic rings. The Kier molecular flexibility index (Phi) is 15.8. The fraction of sp³-hybridized carbons (Fsp3) is 0.500. The van der Waals surface area contributed by atoms with Gasteiger partial charge in [-0.25, -0.2) is 0 Å². The van der Waals surface area contributed by atoms with Gasteiger partial charge in [-0.05, 0) is 6.92 Å². The van der Waals surface area contributed by atoms with Gasteiger partial charge in [-0.2, -0.15) is 0 Å². The van der Waals surface area contributed by atoms with Gasteiger partial charge >= 0.3 is 63.1 Å². The molecule has 0 aromatic carbocycles. The van der Waals surface area contributed by atoms with Crippen molar-refractivity contribution in [2.75, 3.05) is 0 Å². The van der Waals surface area contributed by atoms with Gasteiger partial charge in [0.1, 0.15) is 0 Å². The third-order valence-electron chi connectivity index (χ3n) is 0. The minimum atomic E-state index is -0.812. The monoisotopic (exact) mass is 648 g/mol. The summed E-state index contributed by atoms with van der Waals surface area (Å²) in [6.07, 6.45) is 0. The van der Waals surface area contributed by atoms with Gasteiger partial charge in [0.05, 0.1) is 5.84 Å². The van der Waals surface area contributed by atoms with E-state index in [9.17, 15) is 0 Å². The predicted molar refractivity (Wildman–Crippen MR) is 66.8 cm³/mol. The summed E-state index contributed by atoms with van der Waals surface area (Å²) < 4.78 is 0. The maximum atomic E-state index is 6.28. The van der Waals surface area contributed by atoms with Crippen molar-refractivity contribution in [2.45, 2.75) is 6.92 Å². The Balaban J connectivity index is 0. The van der Waals surface area contributed by atoms with Crippen molar-refractivity contribution in [1.82, 2.24) is 0 Å². The van der Waals surface area contributed by atoms with Crippen LogP contribution in [0.5, 0.6) is 0 Å².